The summed E-state index contributed by atoms with van der Waals surface area (Å²) in [4.78, 5) is 2.12. The van der Waals surface area contributed by atoms with Crippen LogP contribution in [0.4, 0.5) is 0 Å². The monoisotopic (exact) mass is 328 g/mol. The maximum Gasteiger partial charge on any atom is 0.119 e. The van der Waals surface area contributed by atoms with Crippen LogP contribution in [0.15, 0.2) is 40.8 Å². The summed E-state index contributed by atoms with van der Waals surface area (Å²) in [7, 11) is 4.10. The van der Waals surface area contributed by atoms with E-state index in [1.165, 1.54) is 12.0 Å². The van der Waals surface area contributed by atoms with Gasteiger partial charge < -0.3 is 19.4 Å². The van der Waals surface area contributed by atoms with Crippen LogP contribution >= 0.6 is 0 Å². The van der Waals surface area contributed by atoms with Crippen molar-refractivity contribution >= 4 is 0 Å². The van der Waals surface area contributed by atoms with Crippen LogP contribution in [0.2, 0.25) is 0 Å². The van der Waals surface area contributed by atoms with E-state index < -0.39 is 0 Å². The van der Waals surface area contributed by atoms with Crippen LogP contribution in [-0.2, 0) is 13.1 Å². The number of nitrogens with one attached hydrogen (secondary N) is 1. The van der Waals surface area contributed by atoms with E-state index in [0.29, 0.717) is 12.5 Å². The largest absolute Gasteiger partial charge is 0.492 e. The fourth-order valence-corrected chi connectivity index (χ4v) is 2.83. The highest BCUT2D eigenvalue weighted by Gasteiger charge is 2.36. The lowest BCUT2D eigenvalue weighted by Crippen LogP contribution is -2.19. The predicted molar refractivity (Wildman–Crippen MR) is 96.3 cm³/mol. The van der Waals surface area contributed by atoms with Crippen LogP contribution in [0, 0.1) is 5.92 Å². The topological polar surface area (TPSA) is 37.6 Å². The average Bonchev–Trinajstić information content (AvgIpc) is 3.09. The quantitative estimate of drug-likeness (QED) is 0.763. The molecule has 4 nitrogen and oxygen atoms in total. The van der Waals surface area contributed by atoms with Crippen LogP contribution in [0.1, 0.15) is 36.3 Å². The van der Waals surface area contributed by atoms with Crippen molar-refractivity contribution in [2.75, 3.05) is 27.2 Å². The highest BCUT2D eigenvalue weighted by Crippen LogP contribution is 2.47. The molecular formula is C20H28N2O2. The number of benzene rings is 1. The standard InChI is InChI=1S/C20H28N2O2/c1-15-11-19(15)20-8-7-18(24-20)14-21-13-16-5-4-6-17(12-16)23-10-9-22(2)3/h4-8,12,15,19,21H,9-11,13-14H2,1-3H3. The van der Waals surface area contributed by atoms with Crippen LogP contribution in [0.3, 0.4) is 0 Å². The summed E-state index contributed by atoms with van der Waals surface area (Å²) in [6.07, 6.45) is 1.26. The van der Waals surface area contributed by atoms with E-state index in [9.17, 15) is 0 Å². The van der Waals surface area contributed by atoms with Crippen molar-refractivity contribution in [3.05, 3.63) is 53.5 Å². The van der Waals surface area contributed by atoms with Crippen molar-refractivity contribution < 1.29 is 9.15 Å². The minimum absolute atomic E-state index is 0.648. The Morgan fingerprint density at radius 3 is 2.79 bits per heavy atom. The maximum atomic E-state index is 5.92. The minimum Gasteiger partial charge on any atom is -0.492 e. The summed E-state index contributed by atoms with van der Waals surface area (Å²) in [6, 6.07) is 12.5. The van der Waals surface area contributed by atoms with E-state index >= 15 is 0 Å². The second-order valence-electron chi connectivity index (χ2n) is 7.03. The van der Waals surface area contributed by atoms with Gasteiger partial charge in [-0.05, 0) is 56.3 Å². The normalized spacial score (nSPS) is 19.7. The van der Waals surface area contributed by atoms with Gasteiger partial charge in [0.05, 0.1) is 6.54 Å². The van der Waals surface area contributed by atoms with Crippen molar-refractivity contribution in [3.8, 4) is 5.75 Å². The molecule has 1 saturated carbocycles. The zero-order valence-corrected chi connectivity index (χ0v) is 14.9. The molecule has 3 rings (SSSR count). The first kappa shape index (κ1) is 17.1. The van der Waals surface area contributed by atoms with E-state index in [1.54, 1.807) is 0 Å². The molecule has 1 aromatic carbocycles. The van der Waals surface area contributed by atoms with Crippen molar-refractivity contribution in [2.24, 2.45) is 5.92 Å². The van der Waals surface area contributed by atoms with Crippen LogP contribution in [0.5, 0.6) is 5.75 Å². The molecule has 0 aliphatic heterocycles. The van der Waals surface area contributed by atoms with Gasteiger partial charge >= 0.3 is 0 Å². The smallest absolute Gasteiger partial charge is 0.119 e. The number of rotatable bonds is 9. The van der Waals surface area contributed by atoms with Gasteiger partial charge in [-0.15, -0.1) is 0 Å². The fourth-order valence-electron chi connectivity index (χ4n) is 2.83. The van der Waals surface area contributed by atoms with Gasteiger partial charge in [0.2, 0.25) is 0 Å². The van der Waals surface area contributed by atoms with Gasteiger partial charge in [0, 0.05) is 19.0 Å². The van der Waals surface area contributed by atoms with Gasteiger partial charge in [-0.25, -0.2) is 0 Å². The summed E-state index contributed by atoms with van der Waals surface area (Å²) in [5.74, 6) is 4.53. The molecule has 24 heavy (non-hydrogen) atoms. The Labute approximate surface area is 144 Å². The van der Waals surface area contributed by atoms with Crippen LogP contribution < -0.4 is 10.1 Å². The van der Waals surface area contributed by atoms with Gasteiger partial charge in [0.15, 0.2) is 0 Å². The molecule has 130 valence electrons. The molecule has 1 fully saturated rings. The molecule has 1 N–H and O–H groups in total. The third-order valence-corrected chi connectivity index (χ3v) is 4.49. The number of likely N-dealkylation sites (N-methyl/N-ethyl adjacent to an activating group) is 1. The van der Waals surface area contributed by atoms with Crippen molar-refractivity contribution in [2.45, 2.75) is 32.4 Å². The number of hydrogen-bond donors (Lipinski definition) is 1. The molecule has 1 heterocycles. The molecule has 1 aromatic heterocycles. The summed E-state index contributed by atoms with van der Waals surface area (Å²) >= 11 is 0. The van der Waals surface area contributed by atoms with Gasteiger partial charge in [-0.3, -0.25) is 0 Å². The molecule has 0 radical (unpaired) electrons. The maximum absolute atomic E-state index is 5.92. The van der Waals surface area contributed by atoms with E-state index in [1.807, 2.05) is 26.2 Å². The van der Waals surface area contributed by atoms with E-state index in [0.717, 1.165) is 42.8 Å². The lowest BCUT2D eigenvalue weighted by Gasteiger charge is -2.12. The molecule has 0 spiro atoms. The first-order valence-corrected chi connectivity index (χ1v) is 8.77. The van der Waals surface area contributed by atoms with Crippen molar-refractivity contribution in [1.29, 1.82) is 0 Å². The fraction of sp³-hybridized carbons (Fsp3) is 0.500. The Bertz CT molecular complexity index is 651. The molecule has 1 aliphatic rings. The number of nitrogens with zero attached hydrogens (tertiary/aromatic N) is 1. The summed E-state index contributed by atoms with van der Waals surface area (Å²) in [5, 5.41) is 3.45. The zero-order valence-electron chi connectivity index (χ0n) is 14.9. The molecule has 0 saturated heterocycles. The Morgan fingerprint density at radius 1 is 1.21 bits per heavy atom. The second kappa shape index (κ2) is 7.86. The molecule has 2 unspecified atom stereocenters. The number of furan rings is 1. The molecule has 1 aliphatic carbocycles. The first-order valence-electron chi connectivity index (χ1n) is 8.77. The zero-order chi connectivity index (χ0) is 16.9. The average molecular weight is 328 g/mol. The number of ether oxygens (including phenoxy) is 1. The highest BCUT2D eigenvalue weighted by molar-refractivity contribution is 5.28. The molecule has 0 bridgehead atoms. The van der Waals surface area contributed by atoms with Gasteiger partial charge in [-0.2, -0.15) is 0 Å². The summed E-state index contributed by atoms with van der Waals surface area (Å²) in [5.41, 5.74) is 1.22. The van der Waals surface area contributed by atoms with Crippen LogP contribution in [-0.4, -0.2) is 32.1 Å². The minimum atomic E-state index is 0.648. The van der Waals surface area contributed by atoms with E-state index in [2.05, 4.69) is 41.4 Å². The highest BCUT2D eigenvalue weighted by atomic mass is 16.5. The van der Waals surface area contributed by atoms with Gasteiger partial charge in [0.1, 0.15) is 23.9 Å². The Morgan fingerprint density at radius 2 is 2.04 bits per heavy atom. The van der Waals surface area contributed by atoms with E-state index in [4.69, 9.17) is 9.15 Å². The lowest BCUT2D eigenvalue weighted by atomic mass is 10.2. The molecule has 0 amide bonds. The van der Waals surface area contributed by atoms with Crippen molar-refractivity contribution in [1.82, 2.24) is 10.2 Å². The van der Waals surface area contributed by atoms with Crippen LogP contribution in [0.25, 0.3) is 0 Å². The van der Waals surface area contributed by atoms with Gasteiger partial charge in [0.25, 0.3) is 0 Å². The Hall–Kier alpha value is -1.78. The summed E-state index contributed by atoms with van der Waals surface area (Å²) < 4.78 is 11.7. The molecule has 2 aromatic rings. The van der Waals surface area contributed by atoms with E-state index in [-0.39, 0.29) is 0 Å². The summed E-state index contributed by atoms with van der Waals surface area (Å²) in [6.45, 7) is 5.47. The molecular weight excluding hydrogens is 300 g/mol. The SMILES string of the molecule is CC1CC1c1ccc(CNCc2cccc(OCCN(C)C)c2)o1. The number of hydrogen-bond acceptors (Lipinski definition) is 4. The van der Waals surface area contributed by atoms with Crippen molar-refractivity contribution in [3.63, 3.8) is 0 Å². The third-order valence-electron chi connectivity index (χ3n) is 4.49. The first-order chi connectivity index (χ1) is 11.6. The third kappa shape index (κ3) is 4.86. The van der Waals surface area contributed by atoms with Gasteiger partial charge in [-0.1, -0.05) is 19.1 Å². The predicted octanol–water partition coefficient (Wildman–Crippen LogP) is 3.63. The lowest BCUT2D eigenvalue weighted by molar-refractivity contribution is 0.261. The Balaban J connectivity index is 1.43. The molecule has 4 heteroatoms. The molecule has 2 atom stereocenters. The second-order valence-corrected chi connectivity index (χ2v) is 7.03. The Kier molecular flexibility index (Phi) is 5.59.